The number of anilines is 2. The summed E-state index contributed by atoms with van der Waals surface area (Å²) >= 11 is 0. The highest BCUT2D eigenvalue weighted by Gasteiger charge is 2.40. The summed E-state index contributed by atoms with van der Waals surface area (Å²) < 4.78 is 8.66. The van der Waals surface area contributed by atoms with Crippen molar-refractivity contribution in [2.45, 2.75) is 59.0 Å². The molecule has 2 aliphatic heterocycles. The van der Waals surface area contributed by atoms with Crippen molar-refractivity contribution in [2.75, 3.05) is 23.7 Å². The summed E-state index contributed by atoms with van der Waals surface area (Å²) in [6.45, 7) is 10.9. The summed E-state index contributed by atoms with van der Waals surface area (Å²) in [5, 5.41) is 0. The lowest BCUT2D eigenvalue weighted by atomic mass is 9.82. The molecule has 5 nitrogen and oxygen atoms in total. The van der Waals surface area contributed by atoms with E-state index in [2.05, 4.69) is 61.8 Å². The fourth-order valence-electron chi connectivity index (χ4n) is 5.59. The number of imidazole rings is 1. The molecule has 0 amide bonds. The number of benzene rings is 2. The number of nitrogens with zero attached hydrogens (tertiary/aromatic N) is 3. The first-order valence-corrected chi connectivity index (χ1v) is 11.7. The predicted octanol–water partition coefficient (Wildman–Crippen LogP) is 5.38. The van der Waals surface area contributed by atoms with Crippen LogP contribution < -0.4 is 15.4 Å². The standard InChI is InChI=1S/C27H34N4O/c1-18-19(2)26-24(20(3)25(18)28)16-27(4,32-26)15-21-9-12-30(13-10-21)22-5-7-23(8-6-22)31-14-11-29-17-31/h5-8,11,14,17,21H,9-10,12-13,15-16,28H2,1-4H3. The Morgan fingerprint density at radius 1 is 1.03 bits per heavy atom. The molecule has 32 heavy (non-hydrogen) atoms. The third-order valence-electron chi connectivity index (χ3n) is 7.69. The molecule has 1 saturated heterocycles. The van der Waals surface area contributed by atoms with Crippen molar-refractivity contribution in [2.24, 2.45) is 5.92 Å². The van der Waals surface area contributed by atoms with Crippen LogP contribution in [0.1, 0.15) is 48.4 Å². The molecule has 168 valence electrons. The Bertz CT molecular complexity index is 1070. The molecular weight excluding hydrogens is 396 g/mol. The number of nitrogen functional groups attached to an aromatic ring is 1. The molecule has 0 saturated carbocycles. The minimum atomic E-state index is -0.128. The van der Waals surface area contributed by atoms with Crippen LogP contribution in [0, 0.1) is 26.7 Å². The predicted molar refractivity (Wildman–Crippen MR) is 131 cm³/mol. The van der Waals surface area contributed by atoms with Crippen molar-refractivity contribution in [3.63, 3.8) is 0 Å². The van der Waals surface area contributed by atoms with E-state index in [1.165, 1.54) is 35.2 Å². The minimum Gasteiger partial charge on any atom is -0.487 e. The van der Waals surface area contributed by atoms with Gasteiger partial charge in [-0.05, 0) is 93.8 Å². The zero-order valence-electron chi connectivity index (χ0n) is 19.7. The lowest BCUT2D eigenvalue weighted by Crippen LogP contribution is -2.39. The van der Waals surface area contributed by atoms with Crippen molar-refractivity contribution in [1.82, 2.24) is 9.55 Å². The normalized spacial score (nSPS) is 20.9. The van der Waals surface area contributed by atoms with E-state index in [9.17, 15) is 0 Å². The van der Waals surface area contributed by atoms with E-state index in [0.29, 0.717) is 5.92 Å². The maximum atomic E-state index is 6.63. The van der Waals surface area contributed by atoms with Gasteiger partial charge in [-0.1, -0.05) is 0 Å². The SMILES string of the molecule is Cc1c(C)c2c(c(C)c1N)CC(C)(CC1CCN(c3ccc(-n4ccnc4)cc3)CC1)O2. The Labute approximate surface area is 191 Å². The molecule has 2 aliphatic rings. The van der Waals surface area contributed by atoms with Crippen molar-refractivity contribution >= 4 is 11.4 Å². The molecule has 1 atom stereocenters. The summed E-state index contributed by atoms with van der Waals surface area (Å²) in [5.74, 6) is 1.78. The third kappa shape index (κ3) is 3.64. The molecule has 0 radical (unpaired) electrons. The van der Waals surface area contributed by atoms with Gasteiger partial charge in [0.2, 0.25) is 0 Å². The van der Waals surface area contributed by atoms with Crippen LogP contribution in [0.5, 0.6) is 5.75 Å². The van der Waals surface area contributed by atoms with Crippen LogP contribution in [0.25, 0.3) is 5.69 Å². The summed E-state index contributed by atoms with van der Waals surface area (Å²) in [4.78, 5) is 6.65. The Hall–Kier alpha value is -2.95. The molecule has 5 heteroatoms. The van der Waals surface area contributed by atoms with Crippen molar-refractivity contribution in [3.8, 4) is 11.4 Å². The van der Waals surface area contributed by atoms with Crippen molar-refractivity contribution < 1.29 is 4.74 Å². The highest BCUT2D eigenvalue weighted by molar-refractivity contribution is 5.66. The van der Waals surface area contributed by atoms with Crippen LogP contribution in [0.3, 0.4) is 0 Å². The van der Waals surface area contributed by atoms with Gasteiger partial charge in [-0.25, -0.2) is 4.98 Å². The van der Waals surface area contributed by atoms with E-state index in [4.69, 9.17) is 10.5 Å². The molecule has 3 heterocycles. The van der Waals surface area contributed by atoms with Gasteiger partial charge in [-0.15, -0.1) is 0 Å². The van der Waals surface area contributed by atoms with Crippen LogP contribution in [0.4, 0.5) is 11.4 Å². The van der Waals surface area contributed by atoms with Crippen molar-refractivity contribution in [1.29, 1.82) is 0 Å². The number of hydrogen-bond acceptors (Lipinski definition) is 4. The number of fused-ring (bicyclic) bond motifs is 1. The van der Waals surface area contributed by atoms with E-state index in [1.807, 2.05) is 23.3 Å². The number of hydrogen-bond donors (Lipinski definition) is 1. The second-order valence-electron chi connectivity index (χ2n) is 9.95. The highest BCUT2D eigenvalue weighted by atomic mass is 16.5. The molecule has 0 aliphatic carbocycles. The van der Waals surface area contributed by atoms with Gasteiger partial charge < -0.3 is 19.9 Å². The second kappa shape index (κ2) is 7.88. The summed E-state index contributed by atoms with van der Waals surface area (Å²) in [6.07, 6.45) is 10.1. The molecule has 2 N–H and O–H groups in total. The smallest absolute Gasteiger partial charge is 0.127 e. The van der Waals surface area contributed by atoms with Crippen molar-refractivity contribution in [3.05, 3.63) is 65.2 Å². The largest absolute Gasteiger partial charge is 0.487 e. The number of nitrogens with two attached hydrogens (primary N) is 1. The van der Waals surface area contributed by atoms with E-state index in [0.717, 1.165) is 48.6 Å². The van der Waals surface area contributed by atoms with Gasteiger partial charge in [0.15, 0.2) is 0 Å². The van der Waals surface area contributed by atoms with Gasteiger partial charge in [-0.2, -0.15) is 0 Å². The molecule has 3 aromatic rings. The van der Waals surface area contributed by atoms with Gasteiger partial charge in [0.1, 0.15) is 11.4 Å². The average molecular weight is 431 g/mol. The van der Waals surface area contributed by atoms with Crippen LogP contribution in [-0.4, -0.2) is 28.2 Å². The lowest BCUT2D eigenvalue weighted by Gasteiger charge is -2.37. The van der Waals surface area contributed by atoms with E-state index in [1.54, 1.807) is 0 Å². The molecule has 5 rings (SSSR count). The molecular formula is C27H34N4O. The molecule has 1 fully saturated rings. The zero-order valence-corrected chi connectivity index (χ0v) is 19.7. The van der Waals surface area contributed by atoms with Crippen LogP contribution in [0.15, 0.2) is 43.0 Å². The average Bonchev–Trinajstić information content (AvgIpc) is 3.45. The lowest BCUT2D eigenvalue weighted by molar-refractivity contribution is 0.0783. The molecule has 0 spiro atoms. The zero-order chi connectivity index (χ0) is 22.5. The quantitative estimate of drug-likeness (QED) is 0.565. The number of ether oxygens (including phenoxy) is 1. The van der Waals surface area contributed by atoms with Gasteiger partial charge >= 0.3 is 0 Å². The second-order valence-corrected chi connectivity index (χ2v) is 9.95. The Kier molecular flexibility index (Phi) is 5.15. The molecule has 0 bridgehead atoms. The number of rotatable bonds is 4. The highest BCUT2D eigenvalue weighted by Crippen LogP contribution is 2.46. The van der Waals surface area contributed by atoms with E-state index in [-0.39, 0.29) is 5.60 Å². The summed E-state index contributed by atoms with van der Waals surface area (Å²) in [6, 6.07) is 8.80. The van der Waals surface area contributed by atoms with Gasteiger partial charge in [0, 0.05) is 54.5 Å². The number of piperidine rings is 1. The number of aromatic nitrogens is 2. The molecule has 1 aromatic heterocycles. The first kappa shape index (κ1) is 20.9. The first-order chi connectivity index (χ1) is 15.3. The van der Waals surface area contributed by atoms with E-state index >= 15 is 0 Å². The van der Waals surface area contributed by atoms with Crippen LogP contribution in [0.2, 0.25) is 0 Å². The molecule has 1 unspecified atom stereocenters. The van der Waals surface area contributed by atoms with E-state index < -0.39 is 0 Å². The first-order valence-electron chi connectivity index (χ1n) is 11.7. The van der Waals surface area contributed by atoms with Gasteiger partial charge in [0.05, 0.1) is 6.33 Å². The maximum absolute atomic E-state index is 6.63. The molecule has 2 aromatic carbocycles. The van der Waals surface area contributed by atoms with Crippen LogP contribution in [-0.2, 0) is 6.42 Å². The van der Waals surface area contributed by atoms with Gasteiger partial charge in [0.25, 0.3) is 0 Å². The Balaban J connectivity index is 1.22. The van der Waals surface area contributed by atoms with Gasteiger partial charge in [-0.3, -0.25) is 0 Å². The Morgan fingerprint density at radius 3 is 2.38 bits per heavy atom. The maximum Gasteiger partial charge on any atom is 0.127 e. The fourth-order valence-corrected chi connectivity index (χ4v) is 5.59. The van der Waals surface area contributed by atoms with Crippen LogP contribution >= 0.6 is 0 Å². The third-order valence-corrected chi connectivity index (χ3v) is 7.69. The minimum absolute atomic E-state index is 0.128. The Morgan fingerprint density at radius 2 is 1.72 bits per heavy atom. The summed E-state index contributed by atoms with van der Waals surface area (Å²) in [7, 11) is 0. The summed E-state index contributed by atoms with van der Waals surface area (Å²) in [5.41, 5.74) is 14.5. The topological polar surface area (TPSA) is 56.3 Å². The fraction of sp³-hybridized carbons (Fsp3) is 0.444. The monoisotopic (exact) mass is 430 g/mol.